The number of cyclic esters (lactones) is 1. The number of methoxy groups -OCH3 is 1. The van der Waals surface area contributed by atoms with Gasteiger partial charge in [-0.1, -0.05) is 48.0 Å². The molecule has 0 aromatic heterocycles. The van der Waals surface area contributed by atoms with Crippen molar-refractivity contribution in [2.24, 2.45) is 0 Å². The molecule has 3 amide bonds. The quantitative estimate of drug-likeness (QED) is 0.179. The molecule has 0 spiro atoms. The van der Waals surface area contributed by atoms with Gasteiger partial charge in [-0.2, -0.15) is 0 Å². The van der Waals surface area contributed by atoms with Crippen LogP contribution < -0.4 is 10.6 Å². The number of hydrogen-bond acceptors (Lipinski definition) is 7. The second kappa shape index (κ2) is 16.8. The number of nitrogens with zero attached hydrogens (tertiary/aromatic N) is 1. The van der Waals surface area contributed by atoms with E-state index in [9.17, 15) is 24.3 Å². The summed E-state index contributed by atoms with van der Waals surface area (Å²) in [5.41, 5.74) is 2.08. The molecule has 3 rings (SSSR count). The molecule has 0 saturated carbocycles. The molecule has 11 heteroatoms. The van der Waals surface area contributed by atoms with E-state index in [0.717, 1.165) is 5.57 Å². The van der Waals surface area contributed by atoms with Gasteiger partial charge >= 0.3 is 5.97 Å². The second-order valence-corrected chi connectivity index (χ2v) is 12.1. The summed E-state index contributed by atoms with van der Waals surface area (Å²) in [5.74, 6) is -2.09. The summed E-state index contributed by atoms with van der Waals surface area (Å²) < 4.78 is 11.9. The van der Waals surface area contributed by atoms with E-state index in [2.05, 4.69) is 32.6 Å². The molecule has 1 heterocycles. The number of amides is 3. The van der Waals surface area contributed by atoms with Gasteiger partial charge in [0, 0.05) is 25.5 Å². The van der Waals surface area contributed by atoms with Gasteiger partial charge in [-0.3, -0.25) is 14.4 Å². The van der Waals surface area contributed by atoms with Crippen LogP contribution in [0.15, 0.2) is 70.3 Å². The molecule has 10 nitrogen and oxygen atoms in total. The summed E-state index contributed by atoms with van der Waals surface area (Å²) in [4.78, 5) is 55.3. The highest BCUT2D eigenvalue weighted by Crippen LogP contribution is 2.26. The van der Waals surface area contributed by atoms with Crippen LogP contribution in [0, 0.1) is 0 Å². The van der Waals surface area contributed by atoms with Crippen molar-refractivity contribution in [3.05, 3.63) is 81.5 Å². The van der Waals surface area contributed by atoms with Gasteiger partial charge in [0.1, 0.15) is 17.8 Å². The number of aromatic hydroxyl groups is 1. The molecule has 0 fully saturated rings. The number of nitrogens with one attached hydrogen (secondary N) is 2. The highest BCUT2D eigenvalue weighted by atomic mass is 79.9. The van der Waals surface area contributed by atoms with Gasteiger partial charge in [-0.05, 0) is 80.1 Å². The Morgan fingerprint density at radius 2 is 1.80 bits per heavy atom. The molecular formula is C34H42BrN3O7. The van der Waals surface area contributed by atoms with E-state index in [4.69, 9.17) is 9.47 Å². The standard InChI is InChI=1S/C34H42BrN3O7/c1-21-11-9-10-14-29(40)36-23(3)33(42)38(4)27(20-24-17-18-28(39)26(35)19-24)32(41)37-30(34(43)45-22(2)16-15-21)31(44-5)25-12-7-6-8-13-25/h6-8,11-13,17-19,22-23,27,39H,9-10,14-16,20H2,1-5H3,(H,36,40)(H,37,41)/b21-11-,31-30-. The van der Waals surface area contributed by atoms with Crippen LogP contribution in [-0.4, -0.2) is 66.0 Å². The first-order valence-corrected chi connectivity index (χ1v) is 15.7. The zero-order chi connectivity index (χ0) is 33.1. The first kappa shape index (κ1) is 35.4. The van der Waals surface area contributed by atoms with Crippen LogP contribution in [-0.2, 0) is 35.1 Å². The Kier molecular flexibility index (Phi) is 13.2. The molecule has 3 atom stereocenters. The molecule has 2 aromatic rings. The number of benzene rings is 2. The fraction of sp³-hybridized carbons (Fsp3) is 0.412. The molecule has 242 valence electrons. The molecule has 3 unspecified atom stereocenters. The molecular weight excluding hydrogens is 642 g/mol. The Balaban J connectivity index is 2.09. The number of carbonyl (C=O) groups excluding carboxylic acids is 4. The van der Waals surface area contributed by atoms with Crippen LogP contribution in [0.1, 0.15) is 64.0 Å². The van der Waals surface area contributed by atoms with Crippen molar-refractivity contribution in [3.8, 4) is 5.75 Å². The minimum atomic E-state index is -1.13. The molecule has 3 N–H and O–H groups in total. The molecule has 1 aliphatic rings. The number of rotatable bonds is 4. The molecule has 1 aliphatic heterocycles. The van der Waals surface area contributed by atoms with E-state index < -0.39 is 36.0 Å². The van der Waals surface area contributed by atoms with Gasteiger partial charge in [0.25, 0.3) is 0 Å². The van der Waals surface area contributed by atoms with Crippen molar-refractivity contribution in [1.82, 2.24) is 15.5 Å². The van der Waals surface area contributed by atoms with E-state index in [1.165, 1.54) is 25.1 Å². The number of halogens is 1. The first-order valence-electron chi connectivity index (χ1n) is 15.0. The molecule has 2 aromatic carbocycles. The average molecular weight is 685 g/mol. The van der Waals surface area contributed by atoms with E-state index in [-0.39, 0.29) is 36.0 Å². The van der Waals surface area contributed by atoms with E-state index >= 15 is 0 Å². The van der Waals surface area contributed by atoms with Crippen LogP contribution in [0.5, 0.6) is 5.75 Å². The fourth-order valence-corrected chi connectivity index (χ4v) is 5.37. The highest BCUT2D eigenvalue weighted by Gasteiger charge is 2.33. The lowest BCUT2D eigenvalue weighted by Gasteiger charge is -2.30. The monoisotopic (exact) mass is 683 g/mol. The number of hydrogen-bond donors (Lipinski definition) is 3. The van der Waals surface area contributed by atoms with Gasteiger partial charge in [0.05, 0.1) is 17.7 Å². The Bertz CT molecular complexity index is 1440. The largest absolute Gasteiger partial charge is 0.507 e. The average Bonchev–Trinajstić information content (AvgIpc) is 3.01. The number of carbonyl (C=O) groups is 4. The number of ether oxygens (including phenoxy) is 2. The zero-order valence-corrected chi connectivity index (χ0v) is 28.0. The van der Waals surface area contributed by atoms with Gasteiger partial charge in [0.15, 0.2) is 11.5 Å². The molecule has 0 saturated heterocycles. The Morgan fingerprint density at radius 3 is 2.47 bits per heavy atom. The van der Waals surface area contributed by atoms with Gasteiger partial charge in [-0.15, -0.1) is 0 Å². The Labute approximate surface area is 273 Å². The molecule has 0 bridgehead atoms. The molecule has 0 aliphatic carbocycles. The van der Waals surface area contributed by atoms with Crippen molar-refractivity contribution < 1.29 is 33.8 Å². The van der Waals surface area contributed by atoms with Crippen LogP contribution in [0.3, 0.4) is 0 Å². The van der Waals surface area contributed by atoms with Crippen LogP contribution in [0.2, 0.25) is 0 Å². The lowest BCUT2D eigenvalue weighted by molar-refractivity contribution is -0.146. The smallest absolute Gasteiger partial charge is 0.359 e. The van der Waals surface area contributed by atoms with Crippen molar-refractivity contribution in [1.29, 1.82) is 0 Å². The summed E-state index contributed by atoms with van der Waals surface area (Å²) >= 11 is 3.30. The summed E-state index contributed by atoms with van der Waals surface area (Å²) in [6, 6.07) is 11.6. The van der Waals surface area contributed by atoms with Gasteiger partial charge in [0.2, 0.25) is 17.7 Å². The maximum Gasteiger partial charge on any atom is 0.359 e. The Hall–Kier alpha value is -4.12. The normalized spacial score (nSPS) is 23.7. The third-order valence-electron chi connectivity index (χ3n) is 7.58. The SMILES string of the molecule is CO/C(=C1\NC(=O)C(Cc2ccc(O)c(Br)c2)N(C)C(=O)C(C)NC(=O)CCC/C=C(/C)CCC(C)OC1=O)c1ccccc1. The third kappa shape index (κ3) is 10.2. The number of phenolic OH excluding ortho intramolecular Hbond substituents is 1. The number of esters is 1. The van der Waals surface area contributed by atoms with E-state index in [1.54, 1.807) is 50.2 Å². The van der Waals surface area contributed by atoms with Gasteiger partial charge < -0.3 is 30.1 Å². The van der Waals surface area contributed by atoms with Crippen LogP contribution >= 0.6 is 15.9 Å². The third-order valence-corrected chi connectivity index (χ3v) is 8.22. The second-order valence-electron chi connectivity index (χ2n) is 11.2. The summed E-state index contributed by atoms with van der Waals surface area (Å²) in [6.45, 7) is 5.34. The first-order chi connectivity index (χ1) is 21.4. The highest BCUT2D eigenvalue weighted by molar-refractivity contribution is 9.10. The maximum absolute atomic E-state index is 14.1. The molecule has 45 heavy (non-hydrogen) atoms. The zero-order valence-electron chi connectivity index (χ0n) is 26.4. The fourth-order valence-electron chi connectivity index (χ4n) is 4.95. The van der Waals surface area contributed by atoms with Crippen LogP contribution in [0.4, 0.5) is 0 Å². The van der Waals surface area contributed by atoms with Crippen molar-refractivity contribution in [2.45, 2.75) is 77.5 Å². The number of phenols is 1. The molecule has 0 radical (unpaired) electrons. The van der Waals surface area contributed by atoms with E-state index in [1.807, 2.05) is 13.0 Å². The van der Waals surface area contributed by atoms with Gasteiger partial charge in [-0.25, -0.2) is 4.79 Å². The van der Waals surface area contributed by atoms with Crippen molar-refractivity contribution in [3.63, 3.8) is 0 Å². The maximum atomic E-state index is 14.1. The van der Waals surface area contributed by atoms with Crippen LogP contribution in [0.25, 0.3) is 5.76 Å². The van der Waals surface area contributed by atoms with E-state index in [0.29, 0.717) is 41.3 Å². The lowest BCUT2D eigenvalue weighted by atomic mass is 10.0. The summed E-state index contributed by atoms with van der Waals surface area (Å²) in [7, 11) is 2.87. The summed E-state index contributed by atoms with van der Waals surface area (Å²) in [6.07, 6.45) is 4.40. The number of likely N-dealkylation sites (N-methyl/N-ethyl adjacent to an activating group) is 1. The predicted molar refractivity (Wildman–Crippen MR) is 175 cm³/mol. The lowest BCUT2D eigenvalue weighted by Crippen LogP contribution is -2.54. The minimum Gasteiger partial charge on any atom is -0.507 e. The van der Waals surface area contributed by atoms with Crippen molar-refractivity contribution in [2.75, 3.05) is 14.2 Å². The minimum absolute atomic E-state index is 0.0181. The summed E-state index contributed by atoms with van der Waals surface area (Å²) in [5, 5.41) is 15.5. The van der Waals surface area contributed by atoms with Crippen molar-refractivity contribution >= 4 is 45.4 Å². The predicted octanol–water partition coefficient (Wildman–Crippen LogP) is 5.00. The number of allylic oxidation sites excluding steroid dienone is 2. The topological polar surface area (TPSA) is 134 Å². The Morgan fingerprint density at radius 1 is 1.09 bits per heavy atom.